The molecule has 1 saturated heterocycles. The summed E-state index contributed by atoms with van der Waals surface area (Å²) in [4.78, 5) is 34.1. The van der Waals surface area contributed by atoms with Gasteiger partial charge in [-0.1, -0.05) is 6.07 Å². The molecule has 6 heteroatoms. The molecule has 1 aromatic rings. The molecule has 1 atom stereocenters. The third kappa shape index (κ3) is 2.71. The molecule has 2 rings (SSSR count). The van der Waals surface area contributed by atoms with Crippen molar-refractivity contribution >= 4 is 17.7 Å². The van der Waals surface area contributed by atoms with Crippen molar-refractivity contribution in [2.75, 3.05) is 0 Å². The first-order valence-electron chi connectivity index (χ1n) is 5.46. The van der Waals surface area contributed by atoms with E-state index in [4.69, 9.17) is 0 Å². The third-order valence-corrected chi connectivity index (χ3v) is 2.63. The van der Waals surface area contributed by atoms with E-state index >= 15 is 0 Å². The second-order valence-corrected chi connectivity index (χ2v) is 3.99. The summed E-state index contributed by atoms with van der Waals surface area (Å²) in [5.41, 5.74) is 0.139. The Morgan fingerprint density at radius 2 is 2.17 bits per heavy atom. The van der Waals surface area contributed by atoms with E-state index in [0.717, 1.165) is 6.07 Å². The van der Waals surface area contributed by atoms with Gasteiger partial charge in [-0.2, -0.15) is 0 Å². The number of amides is 3. The molecule has 5 nitrogen and oxygen atoms in total. The van der Waals surface area contributed by atoms with Crippen LogP contribution in [0.5, 0.6) is 0 Å². The summed E-state index contributed by atoms with van der Waals surface area (Å²) in [6, 6.07) is 4.42. The molecule has 1 aliphatic rings. The van der Waals surface area contributed by atoms with Crippen LogP contribution in [0.3, 0.4) is 0 Å². The van der Waals surface area contributed by atoms with Crippen LogP contribution in [0.1, 0.15) is 23.2 Å². The maximum atomic E-state index is 12.9. The van der Waals surface area contributed by atoms with Gasteiger partial charge in [0.25, 0.3) is 5.91 Å². The van der Waals surface area contributed by atoms with Crippen molar-refractivity contribution in [3.8, 4) is 0 Å². The summed E-state index contributed by atoms with van der Waals surface area (Å²) >= 11 is 0. The summed E-state index contributed by atoms with van der Waals surface area (Å²) in [5.74, 6) is -1.94. The number of nitrogens with one attached hydrogen (secondary N) is 2. The number of rotatable bonds is 2. The molecule has 3 amide bonds. The molecular formula is C12H11FN2O3. The topological polar surface area (TPSA) is 75.3 Å². The highest BCUT2D eigenvalue weighted by atomic mass is 19.1. The van der Waals surface area contributed by atoms with Crippen LogP contribution in [-0.2, 0) is 9.59 Å². The van der Waals surface area contributed by atoms with Crippen LogP contribution >= 0.6 is 0 Å². The van der Waals surface area contributed by atoms with Crippen molar-refractivity contribution < 1.29 is 18.8 Å². The van der Waals surface area contributed by atoms with E-state index in [9.17, 15) is 18.8 Å². The fraction of sp³-hybridized carbons (Fsp3) is 0.250. The summed E-state index contributed by atoms with van der Waals surface area (Å²) < 4.78 is 12.9. The molecule has 1 fully saturated rings. The normalized spacial score (nSPS) is 19.3. The first-order chi connectivity index (χ1) is 8.56. The van der Waals surface area contributed by atoms with Gasteiger partial charge in [-0.05, 0) is 24.6 Å². The first-order valence-corrected chi connectivity index (χ1v) is 5.46. The van der Waals surface area contributed by atoms with E-state index in [-0.39, 0.29) is 24.3 Å². The van der Waals surface area contributed by atoms with Gasteiger partial charge < -0.3 is 5.32 Å². The summed E-state index contributed by atoms with van der Waals surface area (Å²) in [5, 5.41) is 4.59. The Bertz CT molecular complexity index is 516. The largest absolute Gasteiger partial charge is 0.340 e. The molecule has 0 radical (unpaired) electrons. The van der Waals surface area contributed by atoms with Crippen molar-refractivity contribution in [3.63, 3.8) is 0 Å². The van der Waals surface area contributed by atoms with Crippen LogP contribution < -0.4 is 10.6 Å². The number of imide groups is 1. The van der Waals surface area contributed by atoms with Gasteiger partial charge >= 0.3 is 0 Å². The van der Waals surface area contributed by atoms with Crippen molar-refractivity contribution in [1.82, 2.24) is 10.6 Å². The molecular weight excluding hydrogens is 239 g/mol. The fourth-order valence-electron chi connectivity index (χ4n) is 1.70. The molecule has 1 unspecified atom stereocenters. The Balaban J connectivity index is 2.03. The maximum absolute atomic E-state index is 12.9. The SMILES string of the molecule is O=C1CCC(NC(=O)c2cccc(F)c2)C(=O)N1. The zero-order valence-corrected chi connectivity index (χ0v) is 9.40. The summed E-state index contributed by atoms with van der Waals surface area (Å²) in [6.07, 6.45) is 0.436. The van der Waals surface area contributed by atoms with Crippen molar-refractivity contribution in [1.29, 1.82) is 0 Å². The van der Waals surface area contributed by atoms with Crippen LogP contribution in [-0.4, -0.2) is 23.8 Å². The molecule has 0 saturated carbocycles. The van der Waals surface area contributed by atoms with Gasteiger partial charge in [-0.3, -0.25) is 19.7 Å². The van der Waals surface area contributed by atoms with E-state index in [1.165, 1.54) is 18.2 Å². The Morgan fingerprint density at radius 3 is 2.83 bits per heavy atom. The number of hydrogen-bond donors (Lipinski definition) is 2. The van der Waals surface area contributed by atoms with Crippen molar-refractivity contribution in [2.24, 2.45) is 0 Å². The summed E-state index contributed by atoms with van der Waals surface area (Å²) in [7, 11) is 0. The maximum Gasteiger partial charge on any atom is 0.252 e. The molecule has 0 spiro atoms. The lowest BCUT2D eigenvalue weighted by Crippen LogP contribution is -2.52. The van der Waals surface area contributed by atoms with E-state index in [0.29, 0.717) is 0 Å². The van der Waals surface area contributed by atoms with Crippen molar-refractivity contribution in [2.45, 2.75) is 18.9 Å². The zero-order valence-electron chi connectivity index (χ0n) is 9.40. The Labute approximate surface area is 102 Å². The molecule has 94 valence electrons. The monoisotopic (exact) mass is 250 g/mol. The van der Waals surface area contributed by atoms with Gasteiger partial charge in [-0.25, -0.2) is 4.39 Å². The Hall–Kier alpha value is -2.24. The average Bonchev–Trinajstić information content (AvgIpc) is 2.32. The lowest BCUT2D eigenvalue weighted by atomic mass is 10.1. The Morgan fingerprint density at radius 1 is 1.39 bits per heavy atom. The van der Waals surface area contributed by atoms with E-state index in [1.54, 1.807) is 0 Å². The molecule has 18 heavy (non-hydrogen) atoms. The van der Waals surface area contributed by atoms with Gasteiger partial charge in [0.1, 0.15) is 11.9 Å². The molecule has 1 heterocycles. The van der Waals surface area contributed by atoms with Crippen LogP contribution in [0.15, 0.2) is 24.3 Å². The van der Waals surface area contributed by atoms with E-state index in [1.807, 2.05) is 0 Å². The lowest BCUT2D eigenvalue weighted by Gasteiger charge is -2.21. The van der Waals surface area contributed by atoms with Crippen molar-refractivity contribution in [3.05, 3.63) is 35.6 Å². The smallest absolute Gasteiger partial charge is 0.252 e. The van der Waals surface area contributed by atoms with Crippen LogP contribution in [0.25, 0.3) is 0 Å². The van der Waals surface area contributed by atoms with E-state index in [2.05, 4.69) is 10.6 Å². The quantitative estimate of drug-likeness (QED) is 0.744. The molecule has 1 aromatic carbocycles. The average molecular weight is 250 g/mol. The predicted octanol–water partition coefficient (Wildman–Crippen LogP) is 0.361. The minimum atomic E-state index is -0.751. The first kappa shape index (κ1) is 12.2. The van der Waals surface area contributed by atoms with Gasteiger partial charge in [0.2, 0.25) is 11.8 Å². The van der Waals surface area contributed by atoms with Gasteiger partial charge in [0.05, 0.1) is 0 Å². The van der Waals surface area contributed by atoms with Crippen LogP contribution in [0.2, 0.25) is 0 Å². The van der Waals surface area contributed by atoms with Crippen LogP contribution in [0.4, 0.5) is 4.39 Å². The van der Waals surface area contributed by atoms with Gasteiger partial charge in [0.15, 0.2) is 0 Å². The number of carbonyl (C=O) groups excluding carboxylic acids is 3. The lowest BCUT2D eigenvalue weighted by molar-refractivity contribution is -0.134. The second-order valence-electron chi connectivity index (χ2n) is 3.99. The standard InChI is InChI=1S/C12H11FN2O3/c13-8-3-1-2-7(6-8)11(17)14-9-4-5-10(16)15-12(9)18/h1-3,6,9H,4-5H2,(H,14,17)(H,15,16,18). The van der Waals surface area contributed by atoms with Crippen LogP contribution in [0, 0.1) is 5.82 Å². The van der Waals surface area contributed by atoms with Gasteiger partial charge in [-0.15, -0.1) is 0 Å². The number of benzene rings is 1. The third-order valence-electron chi connectivity index (χ3n) is 2.63. The summed E-state index contributed by atoms with van der Waals surface area (Å²) in [6.45, 7) is 0. The molecule has 2 N–H and O–H groups in total. The minimum absolute atomic E-state index is 0.139. The highest BCUT2D eigenvalue weighted by Gasteiger charge is 2.27. The number of piperidine rings is 1. The highest BCUT2D eigenvalue weighted by Crippen LogP contribution is 2.07. The number of hydrogen-bond acceptors (Lipinski definition) is 3. The van der Waals surface area contributed by atoms with E-state index < -0.39 is 23.7 Å². The fourth-order valence-corrected chi connectivity index (χ4v) is 1.70. The molecule has 0 bridgehead atoms. The number of halogens is 1. The predicted molar refractivity (Wildman–Crippen MR) is 60.0 cm³/mol. The Kier molecular flexibility index (Phi) is 3.36. The second kappa shape index (κ2) is 4.95. The molecule has 0 aromatic heterocycles. The molecule has 0 aliphatic carbocycles. The zero-order chi connectivity index (χ0) is 13.1. The van der Waals surface area contributed by atoms with Gasteiger partial charge in [0, 0.05) is 12.0 Å². The highest BCUT2D eigenvalue weighted by molar-refractivity contribution is 6.03. The molecule has 1 aliphatic heterocycles. The number of carbonyl (C=O) groups is 3. The minimum Gasteiger partial charge on any atom is -0.340 e.